The molecular weight excluding hydrogens is 1050 g/mol. The molecule has 0 aromatic carbocycles. The lowest BCUT2D eigenvalue weighted by Gasteiger charge is -2.20. The molecule has 0 saturated heterocycles. The molecule has 6 nitrogen and oxygen atoms in total. The summed E-state index contributed by atoms with van der Waals surface area (Å²) in [6, 6.07) is -0.629. The smallest absolute Gasteiger partial charge is 0.305 e. The normalized spacial score (nSPS) is 12.7. The van der Waals surface area contributed by atoms with Gasteiger partial charge in [0.05, 0.1) is 25.4 Å². The van der Waals surface area contributed by atoms with Gasteiger partial charge in [-0.1, -0.05) is 397 Å². The number of nitrogens with one attached hydrogen (secondary N) is 1. The molecule has 2 atom stereocenters. The third kappa shape index (κ3) is 71.2. The zero-order valence-electron chi connectivity index (χ0n) is 58.3. The molecule has 0 heterocycles. The summed E-state index contributed by atoms with van der Waals surface area (Å²) < 4.78 is 5.51. The van der Waals surface area contributed by atoms with Gasteiger partial charge in [0.1, 0.15) is 0 Å². The highest BCUT2D eigenvalue weighted by atomic mass is 16.5. The van der Waals surface area contributed by atoms with Gasteiger partial charge in [-0.25, -0.2) is 0 Å². The predicted molar refractivity (Wildman–Crippen MR) is 379 cm³/mol. The van der Waals surface area contributed by atoms with E-state index in [-0.39, 0.29) is 18.5 Å². The lowest BCUT2D eigenvalue weighted by atomic mass is 10.0. The number of aliphatic hydroxyl groups excluding tert-OH is 2. The van der Waals surface area contributed by atoms with Crippen LogP contribution < -0.4 is 5.32 Å². The quantitative estimate of drug-likeness (QED) is 0.0320. The van der Waals surface area contributed by atoms with Crippen molar-refractivity contribution in [2.75, 3.05) is 13.2 Å². The average Bonchev–Trinajstić information content (AvgIpc) is 3.57. The Morgan fingerprint density at radius 3 is 0.884 bits per heavy atom. The first-order chi connectivity index (χ1) is 42.5. The van der Waals surface area contributed by atoms with E-state index in [0.717, 1.165) is 44.9 Å². The highest BCUT2D eigenvalue weighted by Gasteiger charge is 2.18. The number of hydrogen-bond donors (Lipinski definition) is 3. The summed E-state index contributed by atoms with van der Waals surface area (Å²) in [7, 11) is 0. The van der Waals surface area contributed by atoms with Crippen LogP contribution in [0.5, 0.6) is 0 Å². The second-order valence-corrected chi connectivity index (χ2v) is 27.0. The predicted octanol–water partition coefficient (Wildman–Crippen LogP) is 25.8. The Morgan fingerprint density at radius 1 is 0.326 bits per heavy atom. The SMILES string of the molecule is CCCCCCCCCCCCCCCCCCCCC/C=C/C(O)C(CO)NC(=O)CCCCCCCCCCCCCCCCC/C=C\C/C=C\CCCCCCCCCCCOC(=O)CCCCCCCCCCCCCCCCCCC. The fourth-order valence-electron chi connectivity index (χ4n) is 12.4. The minimum atomic E-state index is -0.846. The molecule has 86 heavy (non-hydrogen) atoms. The summed E-state index contributed by atoms with van der Waals surface area (Å²) in [6.07, 6.45) is 98.3. The first-order valence-electron chi connectivity index (χ1n) is 39.3. The molecule has 2 unspecified atom stereocenters. The van der Waals surface area contributed by atoms with Gasteiger partial charge in [0, 0.05) is 12.8 Å². The van der Waals surface area contributed by atoms with Crippen LogP contribution in [-0.2, 0) is 14.3 Å². The highest BCUT2D eigenvalue weighted by molar-refractivity contribution is 5.76. The van der Waals surface area contributed by atoms with Crippen LogP contribution in [-0.4, -0.2) is 47.4 Å². The number of ether oxygens (including phenoxy) is 1. The number of hydrogen-bond acceptors (Lipinski definition) is 5. The Labute approximate surface area is 538 Å². The second kappa shape index (κ2) is 75.5. The van der Waals surface area contributed by atoms with Crippen molar-refractivity contribution in [3.8, 4) is 0 Å². The summed E-state index contributed by atoms with van der Waals surface area (Å²) in [5, 5.41) is 23.3. The van der Waals surface area contributed by atoms with E-state index in [1.54, 1.807) is 6.08 Å². The highest BCUT2D eigenvalue weighted by Crippen LogP contribution is 2.19. The van der Waals surface area contributed by atoms with E-state index in [0.29, 0.717) is 19.4 Å². The zero-order chi connectivity index (χ0) is 62.0. The Bertz CT molecular complexity index is 1390. The standard InChI is InChI=1S/C80H153NO5/c1-3-5-7-9-11-13-15-17-19-21-22-34-37-41-44-48-52-56-60-64-68-72-78(83)77(76-82)81-79(84)73-69-65-61-57-53-49-45-42-38-35-32-30-28-26-24-23-25-27-29-31-33-36-39-43-47-51-55-59-63-67-71-75-86-80(85)74-70-66-62-58-54-50-46-40-20-18-16-14-12-10-8-6-4-2/h25,27,31,33,68,72,77-78,82-83H,3-24,26,28-30,32,34-67,69-71,73-76H2,1-2H3,(H,81,84)/b27-25-,33-31-,72-68+. The summed E-state index contributed by atoms with van der Waals surface area (Å²) in [5.74, 6) is -0.0454. The van der Waals surface area contributed by atoms with E-state index < -0.39 is 12.1 Å². The average molecular weight is 1210 g/mol. The van der Waals surface area contributed by atoms with Crippen molar-refractivity contribution in [3.05, 3.63) is 36.5 Å². The molecule has 0 fully saturated rings. The zero-order valence-corrected chi connectivity index (χ0v) is 58.3. The minimum Gasteiger partial charge on any atom is -0.466 e. The maximum atomic E-state index is 12.5. The van der Waals surface area contributed by atoms with E-state index >= 15 is 0 Å². The van der Waals surface area contributed by atoms with E-state index in [1.807, 2.05) is 6.08 Å². The molecule has 0 aliphatic rings. The van der Waals surface area contributed by atoms with Crippen molar-refractivity contribution in [3.63, 3.8) is 0 Å². The first-order valence-corrected chi connectivity index (χ1v) is 39.3. The fraction of sp³-hybridized carbons (Fsp3) is 0.900. The Balaban J connectivity index is 3.40. The molecule has 3 N–H and O–H groups in total. The van der Waals surface area contributed by atoms with E-state index in [9.17, 15) is 19.8 Å². The first kappa shape index (κ1) is 84.1. The molecule has 508 valence electrons. The van der Waals surface area contributed by atoms with Crippen molar-refractivity contribution >= 4 is 11.9 Å². The topological polar surface area (TPSA) is 95.9 Å². The van der Waals surface area contributed by atoms with Gasteiger partial charge in [-0.3, -0.25) is 9.59 Å². The number of carbonyl (C=O) groups excluding carboxylic acids is 2. The van der Waals surface area contributed by atoms with Gasteiger partial charge in [-0.15, -0.1) is 0 Å². The fourth-order valence-corrected chi connectivity index (χ4v) is 12.4. The van der Waals surface area contributed by atoms with Gasteiger partial charge in [-0.05, 0) is 64.2 Å². The molecule has 0 radical (unpaired) electrons. The number of rotatable bonds is 74. The molecule has 0 aromatic heterocycles. The van der Waals surface area contributed by atoms with Crippen LogP contribution in [0.25, 0.3) is 0 Å². The molecule has 0 rings (SSSR count). The third-order valence-electron chi connectivity index (χ3n) is 18.4. The van der Waals surface area contributed by atoms with Crippen LogP contribution >= 0.6 is 0 Å². The molecule has 0 spiro atoms. The van der Waals surface area contributed by atoms with Crippen molar-refractivity contribution in [1.82, 2.24) is 5.32 Å². The molecule has 0 saturated carbocycles. The Morgan fingerprint density at radius 2 is 0.581 bits per heavy atom. The van der Waals surface area contributed by atoms with Gasteiger partial charge >= 0.3 is 5.97 Å². The van der Waals surface area contributed by atoms with Gasteiger partial charge in [0.15, 0.2) is 0 Å². The molecule has 1 amide bonds. The number of aliphatic hydroxyl groups is 2. The number of carbonyl (C=O) groups is 2. The van der Waals surface area contributed by atoms with Gasteiger partial charge in [-0.2, -0.15) is 0 Å². The Kier molecular flexibility index (Phi) is 73.9. The summed E-state index contributed by atoms with van der Waals surface area (Å²) in [6.45, 7) is 4.95. The van der Waals surface area contributed by atoms with Crippen LogP contribution in [0.1, 0.15) is 438 Å². The van der Waals surface area contributed by atoms with Crippen LogP contribution in [0.2, 0.25) is 0 Å². The number of allylic oxidation sites excluding steroid dienone is 5. The van der Waals surface area contributed by atoms with E-state index in [2.05, 4.69) is 43.5 Å². The molecule has 6 heteroatoms. The van der Waals surface area contributed by atoms with Crippen LogP contribution in [0.15, 0.2) is 36.5 Å². The number of amides is 1. The van der Waals surface area contributed by atoms with Crippen molar-refractivity contribution in [1.29, 1.82) is 0 Å². The van der Waals surface area contributed by atoms with E-state index in [4.69, 9.17) is 4.74 Å². The lowest BCUT2D eigenvalue weighted by Crippen LogP contribution is -2.45. The van der Waals surface area contributed by atoms with Gasteiger partial charge < -0.3 is 20.3 Å². The summed E-state index contributed by atoms with van der Waals surface area (Å²) >= 11 is 0. The molecular formula is C80H153NO5. The van der Waals surface area contributed by atoms with Crippen molar-refractivity contribution < 1.29 is 24.5 Å². The van der Waals surface area contributed by atoms with Gasteiger partial charge in [0.25, 0.3) is 0 Å². The maximum Gasteiger partial charge on any atom is 0.305 e. The number of unbranched alkanes of at least 4 members (excludes halogenated alkanes) is 59. The van der Waals surface area contributed by atoms with Crippen molar-refractivity contribution in [2.24, 2.45) is 0 Å². The van der Waals surface area contributed by atoms with Crippen LogP contribution in [0, 0.1) is 0 Å². The largest absolute Gasteiger partial charge is 0.466 e. The molecule has 0 aromatic rings. The Hall–Kier alpha value is -1.92. The summed E-state index contributed by atoms with van der Waals surface area (Å²) in [4.78, 5) is 24.6. The molecule has 0 bridgehead atoms. The number of esters is 1. The molecule has 0 aliphatic carbocycles. The summed E-state index contributed by atoms with van der Waals surface area (Å²) in [5.41, 5.74) is 0. The van der Waals surface area contributed by atoms with Gasteiger partial charge in [0.2, 0.25) is 5.91 Å². The van der Waals surface area contributed by atoms with Crippen LogP contribution in [0.4, 0.5) is 0 Å². The minimum absolute atomic E-state index is 0.0176. The van der Waals surface area contributed by atoms with Crippen LogP contribution in [0.3, 0.4) is 0 Å². The van der Waals surface area contributed by atoms with E-state index in [1.165, 1.54) is 366 Å². The second-order valence-electron chi connectivity index (χ2n) is 27.0. The maximum absolute atomic E-state index is 12.5. The van der Waals surface area contributed by atoms with Crippen molar-refractivity contribution in [2.45, 2.75) is 450 Å². The molecule has 0 aliphatic heterocycles. The lowest BCUT2D eigenvalue weighted by molar-refractivity contribution is -0.143. The monoisotopic (exact) mass is 1210 g/mol. The third-order valence-corrected chi connectivity index (χ3v) is 18.4.